The Bertz CT molecular complexity index is 821. The van der Waals surface area contributed by atoms with Gasteiger partial charge >= 0.3 is 6.03 Å². The molecule has 0 saturated carbocycles. The van der Waals surface area contributed by atoms with E-state index in [0.717, 1.165) is 9.37 Å². The van der Waals surface area contributed by atoms with E-state index in [4.69, 9.17) is 0 Å². The van der Waals surface area contributed by atoms with Gasteiger partial charge in [-0.15, -0.1) is 0 Å². The highest BCUT2D eigenvalue weighted by Gasteiger charge is 2.40. The molecule has 0 radical (unpaired) electrons. The lowest BCUT2D eigenvalue weighted by Gasteiger charge is -2.28. The van der Waals surface area contributed by atoms with E-state index in [1.165, 1.54) is 12.4 Å². The molecule has 120 valence electrons. The molecule has 1 fully saturated rings. The molecule has 1 N–H and O–H groups in total. The second-order valence-corrected chi connectivity index (χ2v) is 5.83. The maximum absolute atomic E-state index is 12.6. The number of nitrogens with one attached hydrogen (secondary N) is 1. The van der Waals surface area contributed by atoms with Gasteiger partial charge in [-0.25, -0.2) is 9.69 Å². The standard InChI is InChI=1S/C16H11BrN4O3/c17-10-3-5-12(6-4-10)21-15(23)13(14(22)20-16(21)24)9-19-11-2-1-7-18-8-11/h1-9,13H,(H,20,22,24)/t13-/m0/s1. The Morgan fingerprint density at radius 2 is 1.92 bits per heavy atom. The van der Waals surface area contributed by atoms with Crippen LogP contribution in [0.25, 0.3) is 0 Å². The van der Waals surface area contributed by atoms with E-state index < -0.39 is 23.8 Å². The summed E-state index contributed by atoms with van der Waals surface area (Å²) in [5.41, 5.74) is 0.873. The monoisotopic (exact) mass is 386 g/mol. The molecule has 2 aromatic rings. The van der Waals surface area contributed by atoms with Crippen molar-refractivity contribution in [2.45, 2.75) is 0 Å². The summed E-state index contributed by atoms with van der Waals surface area (Å²) >= 11 is 3.29. The fourth-order valence-corrected chi connectivity index (χ4v) is 2.41. The lowest BCUT2D eigenvalue weighted by atomic mass is 10.1. The number of rotatable bonds is 3. The van der Waals surface area contributed by atoms with Crippen LogP contribution in [-0.4, -0.2) is 29.0 Å². The quantitative estimate of drug-likeness (QED) is 0.647. The second-order valence-electron chi connectivity index (χ2n) is 4.91. The molecule has 7 nitrogen and oxygen atoms in total. The molecule has 4 amide bonds. The largest absolute Gasteiger partial charge is 0.335 e. The Morgan fingerprint density at radius 1 is 1.17 bits per heavy atom. The summed E-state index contributed by atoms with van der Waals surface area (Å²) in [5, 5.41) is 2.17. The first kappa shape index (κ1) is 16.0. The Labute approximate surface area is 145 Å². The van der Waals surface area contributed by atoms with Crippen LogP contribution in [0.5, 0.6) is 0 Å². The molecule has 1 saturated heterocycles. The fourth-order valence-electron chi connectivity index (χ4n) is 2.15. The molecule has 2 heterocycles. The Hall–Kier alpha value is -2.87. The maximum Gasteiger partial charge on any atom is 0.335 e. The number of hydrogen-bond donors (Lipinski definition) is 1. The highest BCUT2D eigenvalue weighted by Crippen LogP contribution is 2.22. The van der Waals surface area contributed by atoms with Gasteiger partial charge in [-0.3, -0.25) is 24.9 Å². The zero-order chi connectivity index (χ0) is 17.1. The smallest absolute Gasteiger partial charge is 0.276 e. The van der Waals surface area contributed by atoms with E-state index in [9.17, 15) is 14.4 Å². The van der Waals surface area contributed by atoms with Crippen LogP contribution in [-0.2, 0) is 9.59 Å². The van der Waals surface area contributed by atoms with Gasteiger partial charge in [0, 0.05) is 16.9 Å². The van der Waals surface area contributed by atoms with E-state index >= 15 is 0 Å². The lowest BCUT2D eigenvalue weighted by molar-refractivity contribution is -0.131. The van der Waals surface area contributed by atoms with Crippen molar-refractivity contribution < 1.29 is 14.4 Å². The molecule has 3 rings (SSSR count). The molecule has 0 unspecified atom stereocenters. The SMILES string of the molecule is O=C1NC(=O)N(c2ccc(Br)cc2)C(=O)[C@H]1C=Nc1cccnc1. The van der Waals surface area contributed by atoms with Crippen LogP contribution in [0.2, 0.25) is 0 Å². The zero-order valence-electron chi connectivity index (χ0n) is 12.2. The first-order valence-corrected chi connectivity index (χ1v) is 7.74. The van der Waals surface area contributed by atoms with Crippen LogP contribution < -0.4 is 10.2 Å². The molecule has 1 aromatic heterocycles. The summed E-state index contributed by atoms with van der Waals surface area (Å²) in [6.07, 6.45) is 4.30. The molecule has 1 aliphatic rings. The van der Waals surface area contributed by atoms with Crippen molar-refractivity contribution in [2.24, 2.45) is 10.9 Å². The molecule has 0 spiro atoms. The summed E-state index contributed by atoms with van der Waals surface area (Å²) in [7, 11) is 0. The predicted molar refractivity (Wildman–Crippen MR) is 91.0 cm³/mol. The van der Waals surface area contributed by atoms with Crippen molar-refractivity contribution in [1.82, 2.24) is 10.3 Å². The Kier molecular flexibility index (Phi) is 4.48. The Balaban J connectivity index is 1.88. The number of aromatic nitrogens is 1. The number of carbonyl (C=O) groups excluding carboxylic acids is 3. The number of anilines is 1. The average Bonchev–Trinajstić information content (AvgIpc) is 2.57. The number of carbonyl (C=O) groups is 3. The highest BCUT2D eigenvalue weighted by molar-refractivity contribution is 9.10. The minimum absolute atomic E-state index is 0.368. The number of halogens is 1. The highest BCUT2D eigenvalue weighted by atomic mass is 79.9. The van der Waals surface area contributed by atoms with E-state index in [1.807, 2.05) is 0 Å². The van der Waals surface area contributed by atoms with Crippen LogP contribution in [0, 0.1) is 5.92 Å². The molecule has 8 heteroatoms. The van der Waals surface area contributed by atoms with E-state index in [1.54, 1.807) is 42.6 Å². The molecule has 1 aromatic carbocycles. The molecular weight excluding hydrogens is 376 g/mol. The number of imide groups is 2. The third-order valence-electron chi connectivity index (χ3n) is 3.31. The molecule has 1 aliphatic heterocycles. The number of pyridine rings is 1. The van der Waals surface area contributed by atoms with Crippen LogP contribution in [0.4, 0.5) is 16.2 Å². The van der Waals surface area contributed by atoms with Gasteiger partial charge in [0.25, 0.3) is 5.91 Å². The van der Waals surface area contributed by atoms with Crippen LogP contribution in [0.3, 0.4) is 0 Å². The number of barbiturate groups is 1. The number of urea groups is 1. The maximum atomic E-state index is 12.6. The zero-order valence-corrected chi connectivity index (χ0v) is 13.8. The number of hydrogen-bond acceptors (Lipinski definition) is 5. The van der Waals surface area contributed by atoms with Crippen molar-refractivity contribution in [2.75, 3.05) is 4.90 Å². The number of aliphatic imine (C=N–C) groups is 1. The predicted octanol–water partition coefficient (Wildman–Crippen LogP) is 2.45. The van der Waals surface area contributed by atoms with Crippen LogP contribution >= 0.6 is 15.9 Å². The van der Waals surface area contributed by atoms with Gasteiger partial charge in [-0.05, 0) is 36.4 Å². The number of nitrogens with zero attached hydrogens (tertiary/aromatic N) is 3. The fraction of sp³-hybridized carbons (Fsp3) is 0.0625. The third-order valence-corrected chi connectivity index (χ3v) is 3.83. The molecule has 24 heavy (non-hydrogen) atoms. The van der Waals surface area contributed by atoms with Gasteiger partial charge in [0.2, 0.25) is 5.91 Å². The van der Waals surface area contributed by atoms with Crippen molar-refractivity contribution in [3.05, 3.63) is 53.3 Å². The average molecular weight is 387 g/mol. The van der Waals surface area contributed by atoms with Gasteiger partial charge in [0.1, 0.15) is 0 Å². The number of benzene rings is 1. The lowest BCUT2D eigenvalue weighted by Crippen LogP contribution is -2.58. The van der Waals surface area contributed by atoms with Crippen molar-refractivity contribution in [3.8, 4) is 0 Å². The Morgan fingerprint density at radius 3 is 2.58 bits per heavy atom. The molecule has 0 aliphatic carbocycles. The van der Waals surface area contributed by atoms with E-state index in [-0.39, 0.29) is 0 Å². The third kappa shape index (κ3) is 3.23. The van der Waals surface area contributed by atoms with Crippen molar-refractivity contribution >= 4 is 51.4 Å². The minimum Gasteiger partial charge on any atom is -0.276 e. The van der Waals surface area contributed by atoms with Crippen molar-refractivity contribution in [1.29, 1.82) is 0 Å². The summed E-state index contributed by atoms with van der Waals surface area (Å²) in [5.74, 6) is -2.55. The first-order chi connectivity index (χ1) is 11.6. The van der Waals surface area contributed by atoms with Crippen LogP contribution in [0.15, 0.2) is 58.3 Å². The van der Waals surface area contributed by atoms with Gasteiger partial charge in [-0.1, -0.05) is 15.9 Å². The van der Waals surface area contributed by atoms with Gasteiger partial charge in [0.15, 0.2) is 5.92 Å². The van der Waals surface area contributed by atoms with E-state index in [2.05, 4.69) is 31.2 Å². The summed E-state index contributed by atoms with van der Waals surface area (Å²) in [6, 6.07) is 9.20. The first-order valence-electron chi connectivity index (χ1n) is 6.95. The van der Waals surface area contributed by atoms with Gasteiger partial charge in [-0.2, -0.15) is 0 Å². The second kappa shape index (κ2) is 6.71. The topological polar surface area (TPSA) is 91.7 Å². The van der Waals surface area contributed by atoms with Gasteiger partial charge < -0.3 is 0 Å². The molecule has 0 bridgehead atoms. The summed E-state index contributed by atoms with van der Waals surface area (Å²) in [6.45, 7) is 0. The van der Waals surface area contributed by atoms with E-state index in [0.29, 0.717) is 11.4 Å². The number of amides is 4. The normalized spacial score (nSPS) is 18.1. The minimum atomic E-state index is -1.19. The van der Waals surface area contributed by atoms with Crippen molar-refractivity contribution in [3.63, 3.8) is 0 Å². The summed E-state index contributed by atoms with van der Waals surface area (Å²) < 4.78 is 0.807. The molecular formula is C16H11BrN4O3. The summed E-state index contributed by atoms with van der Waals surface area (Å²) in [4.78, 5) is 45.5. The van der Waals surface area contributed by atoms with Crippen LogP contribution in [0.1, 0.15) is 0 Å². The molecule has 1 atom stereocenters. The van der Waals surface area contributed by atoms with Gasteiger partial charge in [0.05, 0.1) is 17.6 Å².